The van der Waals surface area contributed by atoms with Gasteiger partial charge in [-0.15, -0.1) is 13.2 Å². The van der Waals surface area contributed by atoms with Gasteiger partial charge in [0.15, 0.2) is 5.11 Å². The van der Waals surface area contributed by atoms with Gasteiger partial charge in [-0.25, -0.2) is 0 Å². The second-order valence-corrected chi connectivity index (χ2v) is 6.83. The first-order valence-corrected chi connectivity index (χ1v) is 8.83. The third-order valence-electron chi connectivity index (χ3n) is 2.97. The molecule has 0 radical (unpaired) electrons. The fraction of sp³-hybridized carbons (Fsp3) is 0.333. The number of hydrogen-bond donors (Lipinski definition) is 1. The van der Waals surface area contributed by atoms with E-state index in [2.05, 4.69) is 48.3 Å². The van der Waals surface area contributed by atoms with Crippen LogP contribution in [0, 0.1) is 5.92 Å². The zero-order valence-electron chi connectivity index (χ0n) is 14.0. The average Bonchev–Trinajstić information content (AvgIpc) is 2.53. The van der Waals surface area contributed by atoms with E-state index in [4.69, 9.17) is 17.0 Å². The molecule has 0 saturated heterocycles. The number of nitrogens with one attached hydrogen (secondary N) is 1. The van der Waals surface area contributed by atoms with Gasteiger partial charge < -0.3 is 9.64 Å². The Hall–Kier alpha value is -1.66. The minimum Gasteiger partial charge on any atom is -0.492 e. The SMILES string of the molecule is C=CCN(CC=C)C(=S)NC(=O)c1ccc(OCC(C)C)c(Br)c1. The molecule has 1 N–H and O–H groups in total. The standard InChI is InChI=1S/C18H23BrN2O2S/c1-5-9-21(10-6-2)18(24)20-17(22)14-7-8-16(15(19)11-14)23-12-13(3)4/h5-8,11,13H,1-2,9-10,12H2,3-4H3,(H,20,22,24). The molecule has 1 aromatic rings. The third-order valence-corrected chi connectivity index (χ3v) is 3.95. The second kappa shape index (κ2) is 10.3. The molecule has 0 aliphatic rings. The fourth-order valence-electron chi connectivity index (χ4n) is 1.82. The molecule has 0 saturated carbocycles. The summed E-state index contributed by atoms with van der Waals surface area (Å²) in [6.07, 6.45) is 3.44. The third kappa shape index (κ3) is 6.45. The van der Waals surface area contributed by atoms with E-state index >= 15 is 0 Å². The van der Waals surface area contributed by atoms with Gasteiger partial charge >= 0.3 is 0 Å². The van der Waals surface area contributed by atoms with Crippen LogP contribution >= 0.6 is 28.1 Å². The number of carbonyl (C=O) groups excluding carboxylic acids is 1. The Morgan fingerprint density at radius 1 is 1.38 bits per heavy atom. The van der Waals surface area contributed by atoms with Crippen LogP contribution in [0.2, 0.25) is 0 Å². The Morgan fingerprint density at radius 2 is 2.00 bits per heavy atom. The smallest absolute Gasteiger partial charge is 0.257 e. The molecular weight excluding hydrogens is 388 g/mol. The maximum absolute atomic E-state index is 12.4. The number of amides is 1. The van der Waals surface area contributed by atoms with Gasteiger partial charge in [0.2, 0.25) is 0 Å². The van der Waals surface area contributed by atoms with Crippen molar-refractivity contribution < 1.29 is 9.53 Å². The van der Waals surface area contributed by atoms with Gasteiger partial charge in [-0.05, 0) is 52.3 Å². The first-order valence-electron chi connectivity index (χ1n) is 7.63. The van der Waals surface area contributed by atoms with E-state index in [0.717, 1.165) is 4.47 Å². The maximum Gasteiger partial charge on any atom is 0.257 e. The molecule has 1 aromatic carbocycles. The largest absolute Gasteiger partial charge is 0.492 e. The summed E-state index contributed by atoms with van der Waals surface area (Å²) in [5.74, 6) is 0.870. The quantitative estimate of drug-likeness (QED) is 0.515. The van der Waals surface area contributed by atoms with E-state index in [1.807, 2.05) is 0 Å². The van der Waals surface area contributed by atoms with Crippen molar-refractivity contribution in [1.82, 2.24) is 10.2 Å². The van der Waals surface area contributed by atoms with Gasteiger partial charge in [0.1, 0.15) is 5.75 Å². The Morgan fingerprint density at radius 3 is 2.50 bits per heavy atom. The van der Waals surface area contributed by atoms with Gasteiger partial charge in [-0.2, -0.15) is 0 Å². The molecule has 1 rings (SSSR count). The van der Waals surface area contributed by atoms with E-state index in [-0.39, 0.29) is 5.91 Å². The predicted molar refractivity (Wildman–Crippen MR) is 107 cm³/mol. The average molecular weight is 411 g/mol. The molecule has 0 spiro atoms. The first kappa shape index (κ1) is 20.4. The minimum atomic E-state index is -0.269. The summed E-state index contributed by atoms with van der Waals surface area (Å²) in [5, 5.41) is 3.07. The van der Waals surface area contributed by atoms with Crippen LogP contribution in [0.25, 0.3) is 0 Å². The van der Waals surface area contributed by atoms with Gasteiger partial charge in [0, 0.05) is 18.7 Å². The van der Waals surface area contributed by atoms with Gasteiger partial charge in [0.25, 0.3) is 5.91 Å². The van der Waals surface area contributed by atoms with Crippen LogP contribution in [0.15, 0.2) is 48.0 Å². The molecule has 0 fully saturated rings. The lowest BCUT2D eigenvalue weighted by Crippen LogP contribution is -2.42. The van der Waals surface area contributed by atoms with Crippen LogP contribution in [0.5, 0.6) is 5.75 Å². The van der Waals surface area contributed by atoms with E-state index in [1.54, 1.807) is 35.3 Å². The highest BCUT2D eigenvalue weighted by atomic mass is 79.9. The number of hydrogen-bond acceptors (Lipinski definition) is 3. The van der Waals surface area contributed by atoms with Crippen molar-refractivity contribution in [3.8, 4) is 5.75 Å². The van der Waals surface area contributed by atoms with Crippen LogP contribution < -0.4 is 10.1 Å². The lowest BCUT2D eigenvalue weighted by Gasteiger charge is -2.22. The van der Waals surface area contributed by atoms with Crippen molar-refractivity contribution in [2.45, 2.75) is 13.8 Å². The Balaban J connectivity index is 2.77. The number of halogens is 1. The zero-order valence-corrected chi connectivity index (χ0v) is 16.5. The van der Waals surface area contributed by atoms with Crippen molar-refractivity contribution in [3.05, 3.63) is 53.5 Å². The van der Waals surface area contributed by atoms with E-state index in [1.165, 1.54) is 0 Å². The maximum atomic E-state index is 12.4. The molecule has 6 heteroatoms. The molecule has 4 nitrogen and oxygen atoms in total. The fourth-order valence-corrected chi connectivity index (χ4v) is 2.55. The highest BCUT2D eigenvalue weighted by molar-refractivity contribution is 9.10. The van der Waals surface area contributed by atoms with Gasteiger partial charge in [-0.3, -0.25) is 10.1 Å². The molecule has 1 amide bonds. The number of carbonyl (C=O) groups is 1. The van der Waals surface area contributed by atoms with Crippen LogP contribution in [-0.4, -0.2) is 35.6 Å². The molecular formula is C18H23BrN2O2S. The number of ether oxygens (including phenoxy) is 1. The monoisotopic (exact) mass is 410 g/mol. The minimum absolute atomic E-state index is 0.269. The summed E-state index contributed by atoms with van der Waals surface area (Å²) in [7, 11) is 0. The number of benzene rings is 1. The van der Waals surface area contributed by atoms with Gasteiger partial charge in [0.05, 0.1) is 11.1 Å². The van der Waals surface area contributed by atoms with Crippen LogP contribution in [0.1, 0.15) is 24.2 Å². The number of rotatable bonds is 8. The van der Waals surface area contributed by atoms with E-state index < -0.39 is 0 Å². The second-order valence-electron chi connectivity index (χ2n) is 5.59. The van der Waals surface area contributed by atoms with Crippen molar-refractivity contribution in [3.63, 3.8) is 0 Å². The van der Waals surface area contributed by atoms with Crippen molar-refractivity contribution in [1.29, 1.82) is 0 Å². The molecule has 0 unspecified atom stereocenters. The summed E-state index contributed by atoms with van der Waals surface area (Å²) in [6.45, 7) is 13.2. The summed E-state index contributed by atoms with van der Waals surface area (Å²) in [5.41, 5.74) is 0.498. The molecule has 0 bridgehead atoms. The molecule has 0 atom stereocenters. The van der Waals surface area contributed by atoms with Crippen molar-refractivity contribution in [2.75, 3.05) is 19.7 Å². The van der Waals surface area contributed by atoms with E-state index in [9.17, 15) is 4.79 Å². The Labute approximate surface area is 157 Å². The topological polar surface area (TPSA) is 41.6 Å². The molecule has 24 heavy (non-hydrogen) atoms. The van der Waals surface area contributed by atoms with Crippen molar-refractivity contribution in [2.24, 2.45) is 5.92 Å². The normalized spacial score (nSPS) is 10.2. The zero-order chi connectivity index (χ0) is 18.1. The first-order chi connectivity index (χ1) is 11.4. The highest BCUT2D eigenvalue weighted by Crippen LogP contribution is 2.26. The Bertz CT molecular complexity index is 607. The molecule has 0 aliphatic carbocycles. The van der Waals surface area contributed by atoms with Crippen LogP contribution in [0.4, 0.5) is 0 Å². The summed E-state index contributed by atoms with van der Waals surface area (Å²) < 4.78 is 6.41. The van der Waals surface area contributed by atoms with Crippen LogP contribution in [0.3, 0.4) is 0 Å². The summed E-state index contributed by atoms with van der Waals surface area (Å²) in [4.78, 5) is 14.2. The molecule has 0 aromatic heterocycles. The highest BCUT2D eigenvalue weighted by Gasteiger charge is 2.14. The van der Waals surface area contributed by atoms with Gasteiger partial charge in [-0.1, -0.05) is 26.0 Å². The lowest BCUT2D eigenvalue weighted by atomic mass is 10.2. The van der Waals surface area contributed by atoms with E-state index in [0.29, 0.717) is 42.0 Å². The lowest BCUT2D eigenvalue weighted by molar-refractivity contribution is 0.0973. The molecule has 0 heterocycles. The van der Waals surface area contributed by atoms with Crippen LogP contribution in [-0.2, 0) is 0 Å². The summed E-state index contributed by atoms with van der Waals surface area (Å²) in [6, 6.07) is 5.21. The van der Waals surface area contributed by atoms with Crippen molar-refractivity contribution >= 4 is 39.2 Å². The number of thiocarbonyl (C=S) groups is 1. The molecule has 130 valence electrons. The molecule has 0 aliphatic heterocycles. The Kier molecular flexibility index (Phi) is 8.71. The number of nitrogens with zero attached hydrogens (tertiary/aromatic N) is 1. The summed E-state index contributed by atoms with van der Waals surface area (Å²) >= 11 is 8.71. The predicted octanol–water partition coefficient (Wildman–Crippen LogP) is 4.17.